The van der Waals surface area contributed by atoms with Crippen LogP contribution in [0.25, 0.3) is 0 Å². The SMILES string of the molecule is Cc1nc2c(c(=O)[nH]1)C(C)N(C)C2. The highest BCUT2D eigenvalue weighted by atomic mass is 16.1. The molecule has 1 aromatic rings. The van der Waals surface area contributed by atoms with Crippen molar-refractivity contribution in [3.63, 3.8) is 0 Å². The molecule has 0 saturated carbocycles. The van der Waals surface area contributed by atoms with E-state index in [1.54, 1.807) is 0 Å². The lowest BCUT2D eigenvalue weighted by atomic mass is 10.1. The standard InChI is InChI=1S/C9H13N3O/c1-5-8-7(4-12(5)3)10-6(2)11-9(8)13/h5H,4H2,1-3H3,(H,10,11,13). The lowest BCUT2D eigenvalue weighted by Crippen LogP contribution is -2.19. The van der Waals surface area contributed by atoms with Crippen LogP contribution in [0.4, 0.5) is 0 Å². The van der Waals surface area contributed by atoms with Crippen LogP contribution in [-0.2, 0) is 6.54 Å². The third-order valence-electron chi connectivity index (χ3n) is 2.63. The van der Waals surface area contributed by atoms with Gasteiger partial charge in [0.05, 0.1) is 11.3 Å². The maximum Gasteiger partial charge on any atom is 0.255 e. The van der Waals surface area contributed by atoms with Gasteiger partial charge in [0.1, 0.15) is 5.82 Å². The monoisotopic (exact) mass is 179 g/mol. The molecule has 70 valence electrons. The van der Waals surface area contributed by atoms with E-state index in [0.717, 1.165) is 17.8 Å². The maximum absolute atomic E-state index is 11.6. The number of aryl methyl sites for hydroxylation is 1. The second-order valence-corrected chi connectivity index (χ2v) is 3.60. The van der Waals surface area contributed by atoms with E-state index in [4.69, 9.17) is 0 Å². The summed E-state index contributed by atoms with van der Waals surface area (Å²) >= 11 is 0. The van der Waals surface area contributed by atoms with Gasteiger partial charge in [-0.15, -0.1) is 0 Å². The summed E-state index contributed by atoms with van der Waals surface area (Å²) in [5.41, 5.74) is 1.77. The Morgan fingerprint density at radius 2 is 2.31 bits per heavy atom. The Kier molecular flexibility index (Phi) is 1.73. The minimum atomic E-state index is 0.0133. The molecule has 1 N–H and O–H groups in total. The Morgan fingerprint density at radius 3 is 3.00 bits per heavy atom. The number of rotatable bonds is 0. The fourth-order valence-corrected chi connectivity index (χ4v) is 1.80. The molecule has 1 aliphatic rings. The number of nitrogens with zero attached hydrogens (tertiary/aromatic N) is 2. The summed E-state index contributed by atoms with van der Waals surface area (Å²) in [6, 6.07) is 0.187. The largest absolute Gasteiger partial charge is 0.310 e. The van der Waals surface area contributed by atoms with Crippen LogP contribution in [0.1, 0.15) is 30.0 Å². The van der Waals surface area contributed by atoms with Crippen molar-refractivity contribution < 1.29 is 0 Å². The molecule has 4 nitrogen and oxygen atoms in total. The molecule has 0 fully saturated rings. The van der Waals surface area contributed by atoms with E-state index in [1.165, 1.54) is 0 Å². The zero-order valence-corrected chi connectivity index (χ0v) is 8.09. The van der Waals surface area contributed by atoms with E-state index in [2.05, 4.69) is 14.9 Å². The van der Waals surface area contributed by atoms with Crippen LogP contribution in [-0.4, -0.2) is 21.9 Å². The van der Waals surface area contributed by atoms with Crippen molar-refractivity contribution in [2.75, 3.05) is 7.05 Å². The van der Waals surface area contributed by atoms with Gasteiger partial charge in [-0.05, 0) is 20.9 Å². The molecule has 0 aromatic carbocycles. The Labute approximate surface area is 76.6 Å². The van der Waals surface area contributed by atoms with Crippen LogP contribution in [0.3, 0.4) is 0 Å². The Hall–Kier alpha value is -1.16. The summed E-state index contributed by atoms with van der Waals surface area (Å²) in [6.07, 6.45) is 0. The predicted octanol–water partition coefficient (Wildman–Crippen LogP) is 0.585. The lowest BCUT2D eigenvalue weighted by molar-refractivity contribution is 0.284. The van der Waals surface area contributed by atoms with E-state index >= 15 is 0 Å². The van der Waals surface area contributed by atoms with E-state index < -0.39 is 0 Å². The first kappa shape index (κ1) is 8.44. The summed E-state index contributed by atoms with van der Waals surface area (Å²) in [6.45, 7) is 4.62. The minimum absolute atomic E-state index is 0.0133. The van der Waals surface area contributed by atoms with Gasteiger partial charge in [0.25, 0.3) is 5.56 Å². The second kappa shape index (κ2) is 2.67. The number of nitrogens with one attached hydrogen (secondary N) is 1. The number of hydrogen-bond donors (Lipinski definition) is 1. The number of H-pyrrole nitrogens is 1. The van der Waals surface area contributed by atoms with Crippen LogP contribution < -0.4 is 5.56 Å². The van der Waals surface area contributed by atoms with E-state index in [0.29, 0.717) is 5.82 Å². The van der Waals surface area contributed by atoms with Crippen molar-refractivity contribution in [2.24, 2.45) is 0 Å². The molecule has 1 unspecified atom stereocenters. The van der Waals surface area contributed by atoms with Gasteiger partial charge in [-0.2, -0.15) is 0 Å². The second-order valence-electron chi connectivity index (χ2n) is 3.60. The minimum Gasteiger partial charge on any atom is -0.310 e. The first-order valence-electron chi connectivity index (χ1n) is 4.39. The molecule has 0 bridgehead atoms. The number of aromatic nitrogens is 2. The lowest BCUT2D eigenvalue weighted by Gasteiger charge is -2.12. The van der Waals surface area contributed by atoms with Gasteiger partial charge < -0.3 is 4.98 Å². The summed E-state index contributed by atoms with van der Waals surface area (Å²) in [7, 11) is 2.00. The molecule has 1 aromatic heterocycles. The number of fused-ring (bicyclic) bond motifs is 1. The first-order valence-corrected chi connectivity index (χ1v) is 4.39. The van der Waals surface area contributed by atoms with Gasteiger partial charge >= 0.3 is 0 Å². The molecular weight excluding hydrogens is 166 g/mol. The van der Waals surface area contributed by atoms with E-state index in [-0.39, 0.29) is 11.6 Å². The van der Waals surface area contributed by atoms with Crippen molar-refractivity contribution >= 4 is 0 Å². The molecule has 4 heteroatoms. The quantitative estimate of drug-likeness (QED) is 0.634. The van der Waals surface area contributed by atoms with Crippen molar-refractivity contribution in [3.05, 3.63) is 27.4 Å². The van der Waals surface area contributed by atoms with Crippen molar-refractivity contribution in [2.45, 2.75) is 26.4 Å². The molecule has 0 aliphatic carbocycles. The van der Waals surface area contributed by atoms with E-state index in [9.17, 15) is 4.79 Å². The molecule has 13 heavy (non-hydrogen) atoms. The van der Waals surface area contributed by atoms with Gasteiger partial charge in [-0.25, -0.2) is 4.98 Å². The molecule has 2 rings (SSSR count). The molecule has 1 atom stereocenters. The summed E-state index contributed by atoms with van der Waals surface area (Å²) in [4.78, 5) is 20.7. The Bertz CT molecular complexity index is 396. The highest BCUT2D eigenvalue weighted by Gasteiger charge is 2.27. The average molecular weight is 179 g/mol. The molecule has 2 heterocycles. The molecular formula is C9H13N3O. The zero-order valence-electron chi connectivity index (χ0n) is 8.09. The average Bonchev–Trinajstić information content (AvgIpc) is 2.27. The third-order valence-corrected chi connectivity index (χ3v) is 2.63. The topological polar surface area (TPSA) is 49.0 Å². The van der Waals surface area contributed by atoms with Gasteiger partial charge in [0.2, 0.25) is 0 Å². The summed E-state index contributed by atoms with van der Waals surface area (Å²) in [5, 5.41) is 0. The van der Waals surface area contributed by atoms with Crippen LogP contribution >= 0.6 is 0 Å². The van der Waals surface area contributed by atoms with Crippen LogP contribution in [0.15, 0.2) is 4.79 Å². The maximum atomic E-state index is 11.6. The van der Waals surface area contributed by atoms with Gasteiger partial charge in [-0.1, -0.05) is 0 Å². The highest BCUT2D eigenvalue weighted by Crippen LogP contribution is 2.26. The van der Waals surface area contributed by atoms with Crippen LogP contribution in [0.5, 0.6) is 0 Å². The number of aromatic amines is 1. The summed E-state index contributed by atoms with van der Waals surface area (Å²) in [5.74, 6) is 0.700. The third kappa shape index (κ3) is 1.18. The molecule has 0 spiro atoms. The van der Waals surface area contributed by atoms with Gasteiger partial charge in [-0.3, -0.25) is 9.69 Å². The molecule has 0 radical (unpaired) electrons. The van der Waals surface area contributed by atoms with Crippen LogP contribution in [0, 0.1) is 6.92 Å². The molecule has 0 amide bonds. The first-order chi connectivity index (χ1) is 6.09. The van der Waals surface area contributed by atoms with E-state index in [1.807, 2.05) is 20.9 Å². The number of hydrogen-bond acceptors (Lipinski definition) is 3. The Balaban J connectivity index is 2.64. The summed E-state index contributed by atoms with van der Waals surface area (Å²) < 4.78 is 0. The zero-order chi connectivity index (χ0) is 9.59. The van der Waals surface area contributed by atoms with Crippen LogP contribution in [0.2, 0.25) is 0 Å². The Morgan fingerprint density at radius 1 is 1.62 bits per heavy atom. The van der Waals surface area contributed by atoms with Gasteiger partial charge in [0, 0.05) is 12.6 Å². The van der Waals surface area contributed by atoms with Gasteiger partial charge in [0.15, 0.2) is 0 Å². The fraction of sp³-hybridized carbons (Fsp3) is 0.556. The fourth-order valence-electron chi connectivity index (χ4n) is 1.80. The highest BCUT2D eigenvalue weighted by molar-refractivity contribution is 5.25. The smallest absolute Gasteiger partial charge is 0.255 e. The normalized spacial score (nSPS) is 21.9. The molecule has 0 saturated heterocycles. The van der Waals surface area contributed by atoms with Crippen molar-refractivity contribution in [1.82, 2.24) is 14.9 Å². The predicted molar refractivity (Wildman–Crippen MR) is 49.5 cm³/mol. The van der Waals surface area contributed by atoms with Crippen molar-refractivity contribution in [3.8, 4) is 0 Å². The molecule has 1 aliphatic heterocycles. The van der Waals surface area contributed by atoms with Crippen molar-refractivity contribution in [1.29, 1.82) is 0 Å².